The van der Waals surface area contributed by atoms with E-state index in [0.29, 0.717) is 0 Å². The van der Waals surface area contributed by atoms with Gasteiger partial charge in [0.2, 0.25) is 11.9 Å². The molecule has 1 aromatic carbocycles. The van der Waals surface area contributed by atoms with Crippen LogP contribution in [0.15, 0.2) is 60.9 Å². The van der Waals surface area contributed by atoms with Crippen LogP contribution in [0, 0.1) is 0 Å². The van der Waals surface area contributed by atoms with Crippen molar-refractivity contribution in [1.82, 2.24) is 24.9 Å². The number of hydrogen-bond donors (Lipinski definition) is 1. The van der Waals surface area contributed by atoms with Gasteiger partial charge in [0.05, 0.1) is 22.4 Å². The third-order valence-corrected chi connectivity index (χ3v) is 4.81. The monoisotopic (exact) mass is 357 g/mol. The van der Waals surface area contributed by atoms with E-state index >= 15 is 0 Å². The van der Waals surface area contributed by atoms with Crippen molar-refractivity contribution >= 4 is 22.9 Å². The molecule has 1 aliphatic heterocycles. The van der Waals surface area contributed by atoms with Crippen LogP contribution in [0.4, 0.5) is 11.9 Å². The van der Waals surface area contributed by atoms with Gasteiger partial charge in [-0.15, -0.1) is 0 Å². The summed E-state index contributed by atoms with van der Waals surface area (Å²) in [6, 6.07) is 15.9. The smallest absolute Gasteiger partial charge is 0.226 e. The summed E-state index contributed by atoms with van der Waals surface area (Å²) in [7, 11) is 0. The summed E-state index contributed by atoms with van der Waals surface area (Å²) in [6.07, 6.45) is 3.58. The number of para-hydroxylation sites is 2. The maximum atomic E-state index is 4.71. The van der Waals surface area contributed by atoms with Gasteiger partial charge in [-0.1, -0.05) is 18.2 Å². The third kappa shape index (κ3) is 3.08. The van der Waals surface area contributed by atoms with Gasteiger partial charge in [0.15, 0.2) is 0 Å². The zero-order chi connectivity index (χ0) is 18.1. The molecule has 7 nitrogen and oxygen atoms in total. The fraction of sp³-hybridized carbons (Fsp3) is 0.200. The molecule has 0 atom stereocenters. The first-order valence-electron chi connectivity index (χ1n) is 9.06. The number of piperazine rings is 1. The lowest BCUT2D eigenvalue weighted by molar-refractivity contribution is 0.631. The number of H-pyrrole nitrogens is 1. The van der Waals surface area contributed by atoms with Gasteiger partial charge in [0, 0.05) is 38.6 Å². The van der Waals surface area contributed by atoms with Gasteiger partial charge in [0.25, 0.3) is 0 Å². The van der Waals surface area contributed by atoms with Gasteiger partial charge in [-0.05, 0) is 30.3 Å². The predicted molar refractivity (Wildman–Crippen MR) is 106 cm³/mol. The van der Waals surface area contributed by atoms with E-state index in [0.717, 1.165) is 60.5 Å². The minimum Gasteiger partial charge on any atom is -0.339 e. The lowest BCUT2D eigenvalue weighted by atomic mass is 10.2. The van der Waals surface area contributed by atoms with E-state index in [1.807, 2.05) is 42.5 Å². The van der Waals surface area contributed by atoms with E-state index < -0.39 is 0 Å². The van der Waals surface area contributed by atoms with Crippen LogP contribution in [0.5, 0.6) is 0 Å². The van der Waals surface area contributed by atoms with Crippen LogP contribution in [-0.4, -0.2) is 51.1 Å². The van der Waals surface area contributed by atoms with Crippen LogP contribution in [0.3, 0.4) is 0 Å². The summed E-state index contributed by atoms with van der Waals surface area (Å²) in [4.78, 5) is 26.2. The highest BCUT2D eigenvalue weighted by Crippen LogP contribution is 2.21. The highest BCUT2D eigenvalue weighted by atomic mass is 15.4. The van der Waals surface area contributed by atoms with Gasteiger partial charge in [-0.2, -0.15) is 0 Å². The van der Waals surface area contributed by atoms with Crippen molar-refractivity contribution in [2.24, 2.45) is 0 Å². The Morgan fingerprint density at radius 1 is 0.704 bits per heavy atom. The number of benzene rings is 1. The van der Waals surface area contributed by atoms with Crippen molar-refractivity contribution in [3.63, 3.8) is 0 Å². The van der Waals surface area contributed by atoms with Crippen molar-refractivity contribution in [3.05, 3.63) is 60.9 Å². The number of nitrogens with zero attached hydrogens (tertiary/aromatic N) is 6. The molecular formula is C20H19N7. The normalized spacial score (nSPS) is 14.7. The molecule has 0 aliphatic carbocycles. The van der Waals surface area contributed by atoms with Gasteiger partial charge in [-0.25, -0.2) is 15.0 Å². The highest BCUT2D eigenvalue weighted by molar-refractivity contribution is 5.77. The van der Waals surface area contributed by atoms with Crippen LogP contribution in [0.2, 0.25) is 0 Å². The van der Waals surface area contributed by atoms with E-state index in [2.05, 4.69) is 30.8 Å². The minimum atomic E-state index is 0.752. The molecule has 3 aromatic heterocycles. The number of imidazole rings is 1. The average molecular weight is 357 g/mol. The largest absolute Gasteiger partial charge is 0.339 e. The molecule has 7 heteroatoms. The van der Waals surface area contributed by atoms with E-state index in [1.165, 1.54) is 0 Å². The van der Waals surface area contributed by atoms with Crippen molar-refractivity contribution in [1.29, 1.82) is 0 Å². The van der Waals surface area contributed by atoms with Crippen LogP contribution in [0.25, 0.3) is 22.4 Å². The number of fused-ring (bicyclic) bond motifs is 1. The maximum Gasteiger partial charge on any atom is 0.226 e. The zero-order valence-corrected chi connectivity index (χ0v) is 14.8. The Morgan fingerprint density at radius 3 is 2.33 bits per heavy atom. The molecule has 1 N–H and O–H groups in total. The Kier molecular flexibility index (Phi) is 3.90. The number of hydrogen-bond acceptors (Lipinski definition) is 6. The summed E-state index contributed by atoms with van der Waals surface area (Å²) >= 11 is 0. The lowest BCUT2D eigenvalue weighted by Crippen LogP contribution is -2.47. The van der Waals surface area contributed by atoms with E-state index in [4.69, 9.17) is 9.97 Å². The highest BCUT2D eigenvalue weighted by Gasteiger charge is 2.21. The Balaban J connectivity index is 1.32. The average Bonchev–Trinajstić information content (AvgIpc) is 3.19. The summed E-state index contributed by atoms with van der Waals surface area (Å²) in [6.45, 7) is 3.44. The molecule has 0 spiro atoms. The number of aromatic nitrogens is 5. The Labute approximate surface area is 156 Å². The summed E-state index contributed by atoms with van der Waals surface area (Å²) < 4.78 is 0. The number of aromatic amines is 1. The second kappa shape index (κ2) is 6.68. The lowest BCUT2D eigenvalue weighted by Gasteiger charge is -2.34. The van der Waals surface area contributed by atoms with Gasteiger partial charge in [0.1, 0.15) is 0 Å². The zero-order valence-electron chi connectivity index (χ0n) is 14.8. The number of anilines is 2. The second-order valence-corrected chi connectivity index (χ2v) is 6.51. The molecule has 5 rings (SSSR count). The van der Waals surface area contributed by atoms with Crippen LogP contribution >= 0.6 is 0 Å². The summed E-state index contributed by atoms with van der Waals surface area (Å²) in [5.41, 5.74) is 3.78. The molecule has 0 radical (unpaired) electrons. The molecule has 0 amide bonds. The maximum absolute atomic E-state index is 4.71. The van der Waals surface area contributed by atoms with Crippen LogP contribution in [0.1, 0.15) is 0 Å². The SMILES string of the molecule is c1ccc(-c2ccnc(N3CCN(c4nc5ccccc5[nH]4)CC3)n2)nc1. The second-order valence-electron chi connectivity index (χ2n) is 6.51. The molecule has 27 heavy (non-hydrogen) atoms. The predicted octanol–water partition coefficient (Wildman–Crippen LogP) is 2.74. The van der Waals surface area contributed by atoms with Crippen molar-refractivity contribution < 1.29 is 0 Å². The molecule has 1 fully saturated rings. The van der Waals surface area contributed by atoms with E-state index in [9.17, 15) is 0 Å². The Morgan fingerprint density at radius 2 is 1.52 bits per heavy atom. The quantitative estimate of drug-likeness (QED) is 0.608. The standard InChI is InChI=1S/C20H19N7/c1-2-7-17-16(6-1)24-20(25-17)27-13-11-26(12-14-27)19-22-10-8-18(23-19)15-5-3-4-9-21-15/h1-10H,11-14H2,(H,24,25). The molecular weight excluding hydrogens is 338 g/mol. The molecule has 0 unspecified atom stereocenters. The first-order chi connectivity index (χ1) is 13.4. The van der Waals surface area contributed by atoms with Crippen LogP contribution in [-0.2, 0) is 0 Å². The molecule has 4 heterocycles. The topological polar surface area (TPSA) is 73.8 Å². The first kappa shape index (κ1) is 15.7. The Hall–Kier alpha value is -3.48. The molecule has 4 aromatic rings. The van der Waals surface area contributed by atoms with Crippen molar-refractivity contribution in [2.45, 2.75) is 0 Å². The third-order valence-electron chi connectivity index (χ3n) is 4.81. The van der Waals surface area contributed by atoms with Crippen LogP contribution < -0.4 is 9.80 Å². The van der Waals surface area contributed by atoms with Gasteiger partial charge < -0.3 is 14.8 Å². The fourth-order valence-corrected chi connectivity index (χ4v) is 3.37. The first-order valence-corrected chi connectivity index (χ1v) is 9.06. The number of pyridine rings is 1. The van der Waals surface area contributed by atoms with Crippen molar-refractivity contribution in [2.75, 3.05) is 36.0 Å². The minimum absolute atomic E-state index is 0.752. The fourth-order valence-electron chi connectivity index (χ4n) is 3.37. The van der Waals surface area contributed by atoms with Crippen molar-refractivity contribution in [3.8, 4) is 11.4 Å². The summed E-state index contributed by atoms with van der Waals surface area (Å²) in [5, 5.41) is 0. The number of rotatable bonds is 3. The Bertz CT molecular complexity index is 1020. The molecule has 134 valence electrons. The van der Waals surface area contributed by atoms with E-state index in [1.54, 1.807) is 12.4 Å². The van der Waals surface area contributed by atoms with Gasteiger partial charge in [-0.3, -0.25) is 4.98 Å². The van der Waals surface area contributed by atoms with Gasteiger partial charge >= 0.3 is 0 Å². The number of nitrogens with one attached hydrogen (secondary N) is 1. The molecule has 0 saturated carbocycles. The molecule has 1 saturated heterocycles. The molecule has 0 bridgehead atoms. The van der Waals surface area contributed by atoms with E-state index in [-0.39, 0.29) is 0 Å². The summed E-state index contributed by atoms with van der Waals surface area (Å²) in [5.74, 6) is 1.68. The molecule has 1 aliphatic rings.